The minimum absolute atomic E-state index is 0.0203. The van der Waals surface area contributed by atoms with Gasteiger partial charge >= 0.3 is 0 Å². The average Bonchev–Trinajstić information content (AvgIpc) is 2.45. The van der Waals surface area contributed by atoms with E-state index in [1.807, 2.05) is 24.0 Å². The predicted molar refractivity (Wildman–Crippen MR) is 78.9 cm³/mol. The van der Waals surface area contributed by atoms with Crippen molar-refractivity contribution in [2.75, 3.05) is 6.54 Å². The topological polar surface area (TPSA) is 33.2 Å². The molecule has 1 aliphatic heterocycles. The van der Waals surface area contributed by atoms with Crippen molar-refractivity contribution >= 4 is 17.5 Å². The fourth-order valence-corrected chi connectivity index (χ4v) is 2.85. The number of nitrogens with zero attached hydrogens (tertiary/aromatic N) is 2. The lowest BCUT2D eigenvalue weighted by Crippen LogP contribution is -2.36. The molecule has 3 rings (SSSR count). The Morgan fingerprint density at radius 1 is 1.25 bits per heavy atom. The van der Waals surface area contributed by atoms with E-state index in [9.17, 15) is 4.79 Å². The lowest BCUT2D eigenvalue weighted by molar-refractivity contribution is 0.0734. The molecule has 0 saturated heterocycles. The van der Waals surface area contributed by atoms with E-state index in [4.69, 9.17) is 11.6 Å². The van der Waals surface area contributed by atoms with Gasteiger partial charge in [-0.1, -0.05) is 35.9 Å². The van der Waals surface area contributed by atoms with Crippen LogP contribution in [0.5, 0.6) is 0 Å². The first kappa shape index (κ1) is 13.1. The molecule has 1 aromatic carbocycles. The number of fused-ring (bicyclic) bond motifs is 1. The van der Waals surface area contributed by atoms with Gasteiger partial charge in [0.2, 0.25) is 0 Å². The molecule has 102 valence electrons. The van der Waals surface area contributed by atoms with E-state index in [0.29, 0.717) is 17.3 Å². The molecular weight excluding hydrogens is 272 g/mol. The number of amides is 1. The third-order valence-corrected chi connectivity index (χ3v) is 3.78. The van der Waals surface area contributed by atoms with Crippen LogP contribution < -0.4 is 0 Å². The number of rotatable bonds is 1. The van der Waals surface area contributed by atoms with Crippen LogP contribution in [-0.4, -0.2) is 22.3 Å². The maximum absolute atomic E-state index is 12.6. The van der Waals surface area contributed by atoms with Gasteiger partial charge in [0.1, 0.15) is 5.15 Å². The summed E-state index contributed by atoms with van der Waals surface area (Å²) in [7, 11) is 0. The monoisotopic (exact) mass is 286 g/mol. The Labute approximate surface area is 123 Å². The molecule has 0 bridgehead atoms. The molecule has 3 nitrogen and oxygen atoms in total. The van der Waals surface area contributed by atoms with Gasteiger partial charge in [-0.25, -0.2) is 4.98 Å². The summed E-state index contributed by atoms with van der Waals surface area (Å²) in [5.41, 5.74) is 3.93. The largest absolute Gasteiger partial charge is 0.334 e. The second kappa shape index (κ2) is 5.25. The van der Waals surface area contributed by atoms with E-state index in [0.717, 1.165) is 18.7 Å². The Morgan fingerprint density at radius 3 is 2.75 bits per heavy atom. The van der Waals surface area contributed by atoms with Crippen LogP contribution in [0.4, 0.5) is 0 Å². The maximum atomic E-state index is 12.6. The van der Waals surface area contributed by atoms with Crippen molar-refractivity contribution < 1.29 is 4.79 Å². The maximum Gasteiger partial charge on any atom is 0.254 e. The van der Waals surface area contributed by atoms with Gasteiger partial charge in [0.05, 0.1) is 0 Å². The number of hydrogen-bond acceptors (Lipinski definition) is 2. The van der Waals surface area contributed by atoms with Gasteiger partial charge in [-0.15, -0.1) is 0 Å². The van der Waals surface area contributed by atoms with Crippen LogP contribution in [0.25, 0.3) is 0 Å². The van der Waals surface area contributed by atoms with Crippen LogP contribution in [0.2, 0.25) is 5.15 Å². The molecule has 0 radical (unpaired) electrons. The molecule has 1 amide bonds. The molecule has 0 atom stereocenters. The molecule has 20 heavy (non-hydrogen) atoms. The third kappa shape index (κ3) is 2.54. The highest BCUT2D eigenvalue weighted by molar-refractivity contribution is 6.29. The van der Waals surface area contributed by atoms with Gasteiger partial charge in [-0.3, -0.25) is 4.79 Å². The van der Waals surface area contributed by atoms with Gasteiger partial charge in [-0.2, -0.15) is 0 Å². The lowest BCUT2D eigenvalue weighted by Gasteiger charge is -2.29. The average molecular weight is 287 g/mol. The number of pyridine rings is 1. The standard InChI is InChI=1S/C16H15ClN2O/c1-11-8-14(9-15(17)18-11)16(20)19-7-6-12-4-2-3-5-13(12)10-19/h2-5,8-9H,6-7,10H2,1H3. The summed E-state index contributed by atoms with van der Waals surface area (Å²) in [4.78, 5) is 18.5. The summed E-state index contributed by atoms with van der Waals surface area (Å²) in [6.45, 7) is 3.25. The zero-order valence-corrected chi connectivity index (χ0v) is 12.0. The van der Waals surface area contributed by atoms with E-state index >= 15 is 0 Å². The number of aryl methyl sites for hydroxylation is 1. The first-order valence-electron chi connectivity index (χ1n) is 6.64. The highest BCUT2D eigenvalue weighted by atomic mass is 35.5. The Balaban J connectivity index is 1.86. The molecule has 0 N–H and O–H groups in total. The van der Waals surface area contributed by atoms with Gasteiger partial charge in [0.15, 0.2) is 0 Å². The Bertz CT molecular complexity index is 649. The van der Waals surface area contributed by atoms with E-state index < -0.39 is 0 Å². The van der Waals surface area contributed by atoms with Crippen molar-refractivity contribution in [3.63, 3.8) is 0 Å². The highest BCUT2D eigenvalue weighted by Gasteiger charge is 2.21. The molecule has 0 aliphatic carbocycles. The van der Waals surface area contributed by atoms with Gasteiger partial charge in [0, 0.05) is 24.3 Å². The van der Waals surface area contributed by atoms with Crippen molar-refractivity contribution in [2.24, 2.45) is 0 Å². The van der Waals surface area contributed by atoms with Crippen molar-refractivity contribution in [3.05, 3.63) is 63.9 Å². The molecule has 1 aromatic heterocycles. The molecule has 0 spiro atoms. The third-order valence-electron chi connectivity index (χ3n) is 3.59. The molecular formula is C16H15ClN2O. The second-order valence-corrected chi connectivity index (χ2v) is 5.45. The predicted octanol–water partition coefficient (Wildman–Crippen LogP) is 3.24. The SMILES string of the molecule is Cc1cc(C(=O)N2CCc3ccccc3C2)cc(Cl)n1. The fraction of sp³-hybridized carbons (Fsp3) is 0.250. The first-order valence-corrected chi connectivity index (χ1v) is 7.01. The van der Waals surface area contributed by atoms with E-state index in [1.54, 1.807) is 12.1 Å². The fourth-order valence-electron chi connectivity index (χ4n) is 2.60. The van der Waals surface area contributed by atoms with Crippen LogP contribution in [0.1, 0.15) is 27.2 Å². The summed E-state index contributed by atoms with van der Waals surface area (Å²) in [6.07, 6.45) is 0.902. The molecule has 1 aliphatic rings. The summed E-state index contributed by atoms with van der Waals surface area (Å²) in [6, 6.07) is 11.7. The van der Waals surface area contributed by atoms with Gasteiger partial charge in [0.25, 0.3) is 5.91 Å². The Morgan fingerprint density at radius 2 is 2.00 bits per heavy atom. The number of carbonyl (C=O) groups is 1. The highest BCUT2D eigenvalue weighted by Crippen LogP contribution is 2.21. The molecule has 2 aromatic rings. The summed E-state index contributed by atoms with van der Waals surface area (Å²) >= 11 is 5.93. The first-order chi connectivity index (χ1) is 9.63. The molecule has 0 saturated carbocycles. The molecule has 2 heterocycles. The van der Waals surface area contributed by atoms with Crippen molar-refractivity contribution in [1.29, 1.82) is 0 Å². The van der Waals surface area contributed by atoms with E-state index in [2.05, 4.69) is 17.1 Å². The number of aromatic nitrogens is 1. The van der Waals surface area contributed by atoms with Crippen LogP contribution in [0, 0.1) is 6.92 Å². The number of carbonyl (C=O) groups excluding carboxylic acids is 1. The molecule has 0 fully saturated rings. The minimum Gasteiger partial charge on any atom is -0.334 e. The van der Waals surface area contributed by atoms with Crippen molar-refractivity contribution in [1.82, 2.24) is 9.88 Å². The summed E-state index contributed by atoms with van der Waals surface area (Å²) in [5, 5.41) is 0.366. The van der Waals surface area contributed by atoms with Gasteiger partial charge < -0.3 is 4.90 Å². The zero-order valence-electron chi connectivity index (χ0n) is 11.3. The number of halogens is 1. The van der Waals surface area contributed by atoms with Crippen LogP contribution in [0.3, 0.4) is 0 Å². The zero-order chi connectivity index (χ0) is 14.1. The number of benzene rings is 1. The lowest BCUT2D eigenvalue weighted by atomic mass is 9.99. The Hall–Kier alpha value is -1.87. The smallest absolute Gasteiger partial charge is 0.254 e. The minimum atomic E-state index is 0.0203. The molecule has 0 unspecified atom stereocenters. The normalized spacial score (nSPS) is 14.0. The molecule has 4 heteroatoms. The quantitative estimate of drug-likeness (QED) is 0.754. The van der Waals surface area contributed by atoms with E-state index in [-0.39, 0.29) is 5.91 Å². The summed E-state index contributed by atoms with van der Waals surface area (Å²) < 4.78 is 0. The second-order valence-electron chi connectivity index (χ2n) is 5.07. The van der Waals surface area contributed by atoms with E-state index in [1.165, 1.54) is 11.1 Å². The van der Waals surface area contributed by atoms with Crippen LogP contribution >= 0.6 is 11.6 Å². The summed E-state index contributed by atoms with van der Waals surface area (Å²) in [5.74, 6) is 0.0203. The van der Waals surface area contributed by atoms with Crippen molar-refractivity contribution in [3.8, 4) is 0 Å². The van der Waals surface area contributed by atoms with Crippen LogP contribution in [-0.2, 0) is 13.0 Å². The van der Waals surface area contributed by atoms with Gasteiger partial charge in [-0.05, 0) is 36.6 Å². The van der Waals surface area contributed by atoms with Crippen LogP contribution in [0.15, 0.2) is 36.4 Å². The Kier molecular flexibility index (Phi) is 3.45. The number of hydrogen-bond donors (Lipinski definition) is 0. The van der Waals surface area contributed by atoms with Crippen molar-refractivity contribution in [2.45, 2.75) is 19.9 Å².